The van der Waals surface area contributed by atoms with Crippen LogP contribution in [-0.2, 0) is 4.79 Å². The minimum absolute atomic E-state index is 0.127. The van der Waals surface area contributed by atoms with E-state index in [1.165, 1.54) is 6.07 Å². The summed E-state index contributed by atoms with van der Waals surface area (Å²) in [6, 6.07) is 10.8. The molecular formula is C20H22Cl3N3O2. The summed E-state index contributed by atoms with van der Waals surface area (Å²) in [5.41, 5.74) is 1.62. The van der Waals surface area contributed by atoms with Gasteiger partial charge in [0.1, 0.15) is 5.75 Å². The molecule has 0 unspecified atom stereocenters. The van der Waals surface area contributed by atoms with Gasteiger partial charge in [-0.25, -0.2) is 0 Å². The molecule has 2 aromatic rings. The Labute approximate surface area is 180 Å². The lowest BCUT2D eigenvalue weighted by Crippen LogP contribution is -2.52. The topological polar surface area (TPSA) is 44.8 Å². The molecule has 28 heavy (non-hydrogen) atoms. The van der Waals surface area contributed by atoms with Crippen LogP contribution in [0.4, 0.5) is 11.4 Å². The summed E-state index contributed by atoms with van der Waals surface area (Å²) in [7, 11) is 1.66. The molecule has 1 fully saturated rings. The fourth-order valence-corrected chi connectivity index (χ4v) is 3.78. The lowest BCUT2D eigenvalue weighted by atomic mass is 10.2. The van der Waals surface area contributed by atoms with Gasteiger partial charge in [0.15, 0.2) is 0 Å². The van der Waals surface area contributed by atoms with Gasteiger partial charge in [-0.15, -0.1) is 0 Å². The van der Waals surface area contributed by atoms with Gasteiger partial charge in [0.2, 0.25) is 5.91 Å². The third-order valence-corrected chi connectivity index (χ3v) is 5.98. The maximum absolute atomic E-state index is 12.7. The number of hydrogen-bond acceptors (Lipinski definition) is 4. The van der Waals surface area contributed by atoms with Crippen LogP contribution < -0.4 is 15.0 Å². The van der Waals surface area contributed by atoms with Crippen LogP contribution >= 0.6 is 34.8 Å². The molecule has 5 nitrogen and oxygen atoms in total. The van der Waals surface area contributed by atoms with Crippen molar-refractivity contribution >= 4 is 52.1 Å². The van der Waals surface area contributed by atoms with E-state index in [2.05, 4.69) is 27.2 Å². The minimum atomic E-state index is -0.288. The largest absolute Gasteiger partial charge is 0.497 e. The Morgan fingerprint density at radius 1 is 1.00 bits per heavy atom. The molecule has 2 aromatic carbocycles. The van der Waals surface area contributed by atoms with Gasteiger partial charge >= 0.3 is 0 Å². The summed E-state index contributed by atoms with van der Waals surface area (Å²) in [6.07, 6.45) is 0. The van der Waals surface area contributed by atoms with Crippen molar-refractivity contribution in [2.75, 3.05) is 43.5 Å². The molecule has 0 radical (unpaired) electrons. The predicted octanol–water partition coefficient (Wildman–Crippen LogP) is 4.80. The predicted molar refractivity (Wildman–Crippen MR) is 116 cm³/mol. The quantitative estimate of drug-likeness (QED) is 0.675. The van der Waals surface area contributed by atoms with E-state index in [-0.39, 0.29) is 11.9 Å². The smallest absolute Gasteiger partial charge is 0.241 e. The summed E-state index contributed by atoms with van der Waals surface area (Å²) in [5, 5.41) is 3.91. The second kappa shape index (κ2) is 9.23. The van der Waals surface area contributed by atoms with E-state index < -0.39 is 0 Å². The molecule has 0 aliphatic carbocycles. The Balaban J connectivity index is 1.57. The molecule has 1 atom stereocenters. The summed E-state index contributed by atoms with van der Waals surface area (Å²) < 4.78 is 5.21. The van der Waals surface area contributed by atoms with Crippen molar-refractivity contribution in [2.45, 2.75) is 13.0 Å². The van der Waals surface area contributed by atoms with Crippen LogP contribution in [0.3, 0.4) is 0 Å². The first-order valence-electron chi connectivity index (χ1n) is 8.97. The van der Waals surface area contributed by atoms with Gasteiger partial charge in [-0.3, -0.25) is 9.69 Å². The minimum Gasteiger partial charge on any atom is -0.497 e. The van der Waals surface area contributed by atoms with Gasteiger partial charge in [0.05, 0.1) is 33.9 Å². The first-order chi connectivity index (χ1) is 13.4. The number of rotatable bonds is 5. The Kier molecular flexibility index (Phi) is 6.94. The number of carbonyl (C=O) groups is 1. The lowest BCUT2D eigenvalue weighted by Gasteiger charge is -2.38. The normalized spacial score (nSPS) is 16.0. The second-order valence-corrected chi connectivity index (χ2v) is 7.85. The van der Waals surface area contributed by atoms with E-state index in [4.69, 9.17) is 39.5 Å². The van der Waals surface area contributed by atoms with Crippen molar-refractivity contribution in [1.29, 1.82) is 0 Å². The van der Waals surface area contributed by atoms with Gasteiger partial charge in [-0.05, 0) is 43.3 Å². The van der Waals surface area contributed by atoms with E-state index in [0.717, 1.165) is 37.6 Å². The average Bonchev–Trinajstić information content (AvgIpc) is 2.71. The fraction of sp³-hybridized carbons (Fsp3) is 0.350. The molecule has 1 N–H and O–H groups in total. The summed E-state index contributed by atoms with van der Waals surface area (Å²) in [4.78, 5) is 17.1. The van der Waals surface area contributed by atoms with Gasteiger partial charge in [0.25, 0.3) is 0 Å². The molecule has 0 spiro atoms. The molecule has 1 aliphatic heterocycles. The number of methoxy groups -OCH3 is 1. The lowest BCUT2D eigenvalue weighted by molar-refractivity contribution is -0.120. The molecule has 1 aliphatic rings. The van der Waals surface area contributed by atoms with E-state index in [9.17, 15) is 4.79 Å². The highest BCUT2D eigenvalue weighted by molar-refractivity contribution is 6.44. The molecule has 1 heterocycles. The zero-order valence-corrected chi connectivity index (χ0v) is 18.0. The molecule has 0 aromatic heterocycles. The van der Waals surface area contributed by atoms with Crippen LogP contribution in [0.5, 0.6) is 5.75 Å². The summed E-state index contributed by atoms with van der Waals surface area (Å²) >= 11 is 18.1. The number of anilines is 2. The second-order valence-electron chi connectivity index (χ2n) is 6.63. The number of halogens is 3. The maximum atomic E-state index is 12.7. The van der Waals surface area contributed by atoms with E-state index in [1.807, 2.05) is 19.1 Å². The van der Waals surface area contributed by atoms with Gasteiger partial charge < -0.3 is 15.0 Å². The van der Waals surface area contributed by atoms with Gasteiger partial charge in [0, 0.05) is 31.9 Å². The van der Waals surface area contributed by atoms with E-state index in [0.29, 0.717) is 20.8 Å². The highest BCUT2D eigenvalue weighted by Gasteiger charge is 2.26. The van der Waals surface area contributed by atoms with Crippen LogP contribution in [0.15, 0.2) is 36.4 Å². The molecule has 1 amide bonds. The maximum Gasteiger partial charge on any atom is 0.241 e. The van der Waals surface area contributed by atoms with Gasteiger partial charge in [-0.1, -0.05) is 34.8 Å². The average molecular weight is 443 g/mol. The van der Waals surface area contributed by atoms with Crippen molar-refractivity contribution in [3.8, 4) is 5.75 Å². The van der Waals surface area contributed by atoms with Crippen molar-refractivity contribution < 1.29 is 9.53 Å². The Hall–Kier alpha value is -1.66. The first kappa shape index (κ1) is 21.1. The number of benzene rings is 2. The Morgan fingerprint density at radius 2 is 1.61 bits per heavy atom. The van der Waals surface area contributed by atoms with Crippen LogP contribution in [0.25, 0.3) is 0 Å². The fourth-order valence-electron chi connectivity index (χ4n) is 3.18. The Morgan fingerprint density at radius 3 is 2.21 bits per heavy atom. The molecule has 0 saturated carbocycles. The monoisotopic (exact) mass is 441 g/mol. The van der Waals surface area contributed by atoms with Crippen LogP contribution in [-0.4, -0.2) is 50.1 Å². The summed E-state index contributed by atoms with van der Waals surface area (Å²) in [6.45, 7) is 5.16. The van der Waals surface area contributed by atoms with Crippen molar-refractivity contribution in [2.24, 2.45) is 0 Å². The molecular weight excluding hydrogens is 421 g/mol. The molecule has 8 heteroatoms. The number of piperazine rings is 1. The molecule has 3 rings (SSSR count). The zero-order chi connectivity index (χ0) is 20.3. The number of amides is 1. The first-order valence-corrected chi connectivity index (χ1v) is 10.1. The van der Waals surface area contributed by atoms with E-state index in [1.54, 1.807) is 13.2 Å². The standard InChI is InChI=1S/C20H22Cl3N3O2/c1-13(20(27)24-19-12-17(22)16(21)11-18(19)23)25-7-9-26(10-8-25)14-3-5-15(28-2)6-4-14/h3-6,11-13H,7-10H2,1-2H3,(H,24,27)/t13-/m0/s1. The van der Waals surface area contributed by atoms with Gasteiger partial charge in [-0.2, -0.15) is 0 Å². The zero-order valence-electron chi connectivity index (χ0n) is 15.7. The van der Waals surface area contributed by atoms with Crippen molar-refractivity contribution in [3.05, 3.63) is 51.5 Å². The number of hydrogen-bond donors (Lipinski definition) is 1. The highest BCUT2D eigenvalue weighted by atomic mass is 35.5. The highest BCUT2D eigenvalue weighted by Crippen LogP contribution is 2.32. The number of nitrogens with one attached hydrogen (secondary N) is 1. The van der Waals surface area contributed by atoms with E-state index >= 15 is 0 Å². The Bertz CT molecular complexity index is 837. The number of carbonyl (C=O) groups excluding carboxylic acids is 1. The molecule has 150 valence electrons. The van der Waals surface area contributed by atoms with Crippen molar-refractivity contribution in [1.82, 2.24) is 4.90 Å². The van der Waals surface area contributed by atoms with Crippen LogP contribution in [0.1, 0.15) is 6.92 Å². The molecule has 1 saturated heterocycles. The van der Waals surface area contributed by atoms with Crippen LogP contribution in [0, 0.1) is 0 Å². The summed E-state index contributed by atoms with van der Waals surface area (Å²) in [5.74, 6) is 0.715. The molecule has 0 bridgehead atoms. The van der Waals surface area contributed by atoms with Crippen LogP contribution in [0.2, 0.25) is 15.1 Å². The third-order valence-electron chi connectivity index (χ3n) is 4.95. The number of nitrogens with zero attached hydrogens (tertiary/aromatic N) is 2. The number of ether oxygens (including phenoxy) is 1. The third kappa shape index (κ3) is 4.84. The SMILES string of the molecule is COc1ccc(N2CCN([C@@H](C)C(=O)Nc3cc(Cl)c(Cl)cc3Cl)CC2)cc1. The van der Waals surface area contributed by atoms with Crippen molar-refractivity contribution in [3.63, 3.8) is 0 Å².